The number of aryl methyl sites for hydroxylation is 1. The zero-order chi connectivity index (χ0) is 24.0. The van der Waals surface area contributed by atoms with Gasteiger partial charge in [-0.25, -0.2) is 12.7 Å². The fraction of sp³-hybridized carbons (Fsp3) is 0.500. The van der Waals surface area contributed by atoms with Crippen molar-refractivity contribution >= 4 is 15.9 Å². The highest BCUT2D eigenvalue weighted by Crippen LogP contribution is 2.22. The third-order valence-electron chi connectivity index (χ3n) is 6.66. The van der Waals surface area contributed by atoms with Gasteiger partial charge in [0, 0.05) is 45.2 Å². The van der Waals surface area contributed by atoms with Crippen LogP contribution in [0.2, 0.25) is 0 Å². The standard InChI is InChI=1S/C26H35N3O4S/c1-21-5-7-22(8-6-21)20-34(31,32)29-11-9-25(10-12-29)26(30)27-18-23-3-2-4-24(17-23)19-28-13-15-33-16-14-28/h2-8,17,25H,9-16,18-20H2,1H3,(H,27,30). The Labute approximate surface area is 203 Å². The Kier molecular flexibility index (Phi) is 8.37. The largest absolute Gasteiger partial charge is 0.379 e. The molecule has 184 valence electrons. The van der Waals surface area contributed by atoms with Gasteiger partial charge in [-0.05, 0) is 36.5 Å². The maximum atomic E-state index is 12.8. The summed E-state index contributed by atoms with van der Waals surface area (Å²) in [5, 5.41) is 3.06. The number of benzene rings is 2. The number of hydrogen-bond donors (Lipinski definition) is 1. The van der Waals surface area contributed by atoms with Crippen molar-refractivity contribution in [1.82, 2.24) is 14.5 Å². The molecule has 0 radical (unpaired) electrons. The van der Waals surface area contributed by atoms with Crippen LogP contribution in [0, 0.1) is 12.8 Å². The number of morpholine rings is 1. The lowest BCUT2D eigenvalue weighted by atomic mass is 9.97. The molecule has 1 amide bonds. The summed E-state index contributed by atoms with van der Waals surface area (Å²) in [5.74, 6) is -0.137. The Morgan fingerprint density at radius 1 is 0.971 bits per heavy atom. The fourth-order valence-corrected chi connectivity index (χ4v) is 6.13. The van der Waals surface area contributed by atoms with Gasteiger partial charge in [-0.15, -0.1) is 0 Å². The molecule has 2 heterocycles. The molecule has 2 saturated heterocycles. The van der Waals surface area contributed by atoms with Crippen LogP contribution in [0.1, 0.15) is 35.1 Å². The number of carbonyl (C=O) groups excluding carboxylic acids is 1. The highest BCUT2D eigenvalue weighted by molar-refractivity contribution is 7.88. The normalized spacial score (nSPS) is 18.6. The van der Waals surface area contributed by atoms with Gasteiger partial charge in [-0.3, -0.25) is 9.69 Å². The quantitative estimate of drug-likeness (QED) is 0.622. The highest BCUT2D eigenvalue weighted by atomic mass is 32.2. The Morgan fingerprint density at radius 3 is 2.35 bits per heavy atom. The minimum Gasteiger partial charge on any atom is -0.379 e. The molecule has 2 aromatic carbocycles. The molecular formula is C26H35N3O4S. The number of carbonyl (C=O) groups is 1. The van der Waals surface area contributed by atoms with Crippen molar-refractivity contribution in [3.63, 3.8) is 0 Å². The molecule has 2 aliphatic heterocycles. The molecule has 34 heavy (non-hydrogen) atoms. The van der Waals surface area contributed by atoms with Crippen LogP contribution in [-0.4, -0.2) is 62.9 Å². The fourth-order valence-electron chi connectivity index (χ4n) is 4.57. The van der Waals surface area contributed by atoms with Crippen molar-refractivity contribution in [2.24, 2.45) is 5.92 Å². The summed E-state index contributed by atoms with van der Waals surface area (Å²) in [6.07, 6.45) is 1.10. The number of hydrogen-bond acceptors (Lipinski definition) is 5. The summed E-state index contributed by atoms with van der Waals surface area (Å²) in [5.41, 5.74) is 4.22. The summed E-state index contributed by atoms with van der Waals surface area (Å²) in [7, 11) is -3.38. The molecule has 7 nitrogen and oxygen atoms in total. The number of amides is 1. The molecule has 2 fully saturated rings. The Bertz CT molecular complexity index is 1060. The average Bonchev–Trinajstić information content (AvgIpc) is 2.85. The van der Waals surface area contributed by atoms with Gasteiger partial charge in [0.1, 0.15) is 0 Å². The van der Waals surface area contributed by atoms with E-state index >= 15 is 0 Å². The monoisotopic (exact) mass is 485 g/mol. The molecule has 4 rings (SSSR count). The summed E-state index contributed by atoms with van der Waals surface area (Å²) in [6, 6.07) is 15.9. The summed E-state index contributed by atoms with van der Waals surface area (Å²) in [4.78, 5) is 15.1. The summed E-state index contributed by atoms with van der Waals surface area (Å²) in [6.45, 7) is 7.59. The lowest BCUT2D eigenvalue weighted by Gasteiger charge is -2.30. The van der Waals surface area contributed by atoms with E-state index in [9.17, 15) is 13.2 Å². The van der Waals surface area contributed by atoms with Crippen LogP contribution in [0.3, 0.4) is 0 Å². The lowest BCUT2D eigenvalue weighted by Crippen LogP contribution is -2.43. The number of nitrogens with one attached hydrogen (secondary N) is 1. The van der Waals surface area contributed by atoms with E-state index in [1.807, 2.05) is 43.3 Å². The van der Waals surface area contributed by atoms with E-state index in [0.717, 1.165) is 49.5 Å². The van der Waals surface area contributed by atoms with E-state index in [1.165, 1.54) is 9.87 Å². The first-order valence-electron chi connectivity index (χ1n) is 12.1. The minimum atomic E-state index is -3.38. The van der Waals surface area contributed by atoms with Gasteiger partial charge < -0.3 is 10.1 Å². The predicted molar refractivity (Wildman–Crippen MR) is 132 cm³/mol. The van der Waals surface area contributed by atoms with Gasteiger partial charge in [-0.2, -0.15) is 0 Å². The van der Waals surface area contributed by atoms with Crippen LogP contribution in [0.15, 0.2) is 48.5 Å². The molecule has 2 aliphatic rings. The first-order chi connectivity index (χ1) is 16.4. The van der Waals surface area contributed by atoms with E-state index < -0.39 is 10.0 Å². The van der Waals surface area contributed by atoms with Crippen molar-refractivity contribution < 1.29 is 17.9 Å². The third kappa shape index (κ3) is 6.88. The van der Waals surface area contributed by atoms with Gasteiger partial charge in [0.05, 0.1) is 19.0 Å². The zero-order valence-corrected chi connectivity index (χ0v) is 20.7. The molecule has 0 atom stereocenters. The van der Waals surface area contributed by atoms with Crippen LogP contribution in [0.25, 0.3) is 0 Å². The summed E-state index contributed by atoms with van der Waals surface area (Å²) < 4.78 is 32.6. The molecule has 0 aliphatic carbocycles. The van der Waals surface area contributed by atoms with Crippen molar-refractivity contribution in [2.75, 3.05) is 39.4 Å². The molecule has 0 unspecified atom stereocenters. The number of nitrogens with zero attached hydrogens (tertiary/aromatic N) is 2. The first kappa shape index (κ1) is 24.9. The van der Waals surface area contributed by atoms with Crippen LogP contribution < -0.4 is 5.32 Å². The number of rotatable bonds is 8. The van der Waals surface area contributed by atoms with E-state index in [1.54, 1.807) is 0 Å². The molecular weight excluding hydrogens is 450 g/mol. The van der Waals surface area contributed by atoms with Gasteiger partial charge in [-0.1, -0.05) is 54.1 Å². The van der Waals surface area contributed by atoms with E-state index in [2.05, 4.69) is 22.3 Å². The van der Waals surface area contributed by atoms with Crippen molar-refractivity contribution in [1.29, 1.82) is 0 Å². The smallest absolute Gasteiger partial charge is 0.223 e. The topological polar surface area (TPSA) is 79.0 Å². The molecule has 0 bridgehead atoms. The molecule has 1 N–H and O–H groups in total. The number of piperidine rings is 1. The maximum Gasteiger partial charge on any atom is 0.223 e. The second kappa shape index (κ2) is 11.4. The van der Waals surface area contributed by atoms with Gasteiger partial charge in [0.15, 0.2) is 0 Å². The molecule has 0 spiro atoms. The van der Waals surface area contributed by atoms with Gasteiger partial charge >= 0.3 is 0 Å². The Hall–Kier alpha value is -2.26. The molecule has 0 saturated carbocycles. The average molecular weight is 486 g/mol. The minimum absolute atomic E-state index is 0.00490. The van der Waals surface area contributed by atoms with Crippen LogP contribution in [0.4, 0.5) is 0 Å². The highest BCUT2D eigenvalue weighted by Gasteiger charge is 2.31. The van der Waals surface area contributed by atoms with Crippen LogP contribution in [0.5, 0.6) is 0 Å². The molecule has 8 heteroatoms. The Balaban J connectivity index is 1.23. The van der Waals surface area contributed by atoms with E-state index in [0.29, 0.717) is 32.5 Å². The van der Waals surface area contributed by atoms with Crippen molar-refractivity contribution in [3.8, 4) is 0 Å². The SMILES string of the molecule is Cc1ccc(CS(=O)(=O)N2CCC(C(=O)NCc3cccc(CN4CCOCC4)c3)CC2)cc1. The van der Waals surface area contributed by atoms with Gasteiger partial charge in [0.25, 0.3) is 0 Å². The summed E-state index contributed by atoms with van der Waals surface area (Å²) >= 11 is 0. The van der Waals surface area contributed by atoms with Crippen molar-refractivity contribution in [2.45, 2.75) is 38.6 Å². The second-order valence-electron chi connectivity index (χ2n) is 9.34. The maximum absolute atomic E-state index is 12.8. The first-order valence-corrected chi connectivity index (χ1v) is 13.7. The second-order valence-corrected chi connectivity index (χ2v) is 11.3. The van der Waals surface area contributed by atoms with E-state index in [-0.39, 0.29) is 17.6 Å². The van der Waals surface area contributed by atoms with Crippen LogP contribution >= 0.6 is 0 Å². The molecule has 0 aromatic heterocycles. The van der Waals surface area contributed by atoms with E-state index in [4.69, 9.17) is 4.74 Å². The van der Waals surface area contributed by atoms with Crippen molar-refractivity contribution in [3.05, 3.63) is 70.8 Å². The predicted octanol–water partition coefficient (Wildman–Crippen LogP) is 2.69. The number of sulfonamides is 1. The van der Waals surface area contributed by atoms with Crippen LogP contribution in [-0.2, 0) is 38.4 Å². The third-order valence-corrected chi connectivity index (χ3v) is 8.51. The number of ether oxygens (including phenoxy) is 1. The molecule has 2 aromatic rings. The zero-order valence-electron chi connectivity index (χ0n) is 19.9. The Morgan fingerprint density at radius 2 is 1.65 bits per heavy atom. The lowest BCUT2D eigenvalue weighted by molar-refractivity contribution is -0.126. The van der Waals surface area contributed by atoms with Gasteiger partial charge in [0.2, 0.25) is 15.9 Å².